The fraction of sp³-hybridized carbons (Fsp3) is 0.500. The molecule has 1 atom stereocenters. The number of benzene rings is 1. The molecule has 6 heteroatoms. The predicted octanol–water partition coefficient (Wildman–Crippen LogP) is 0.897. The molecule has 0 aromatic heterocycles. The molecule has 1 fully saturated rings. The normalized spacial score (nSPS) is 18.9. The zero-order chi connectivity index (χ0) is 14.4. The number of hydrogen-bond donors (Lipinski definition) is 1. The summed E-state index contributed by atoms with van der Waals surface area (Å²) in [5.41, 5.74) is 0.694. The van der Waals surface area contributed by atoms with Crippen LogP contribution in [0, 0.1) is 0 Å². The molecule has 0 unspecified atom stereocenters. The van der Waals surface area contributed by atoms with Crippen molar-refractivity contribution in [3.63, 3.8) is 0 Å². The molecule has 1 aliphatic heterocycles. The van der Waals surface area contributed by atoms with Gasteiger partial charge in [0, 0.05) is 13.2 Å². The topological polar surface area (TPSA) is 72.5 Å². The van der Waals surface area contributed by atoms with E-state index in [4.69, 9.17) is 4.74 Å². The lowest BCUT2D eigenvalue weighted by molar-refractivity contribution is -0.119. The molecule has 1 saturated heterocycles. The van der Waals surface area contributed by atoms with Gasteiger partial charge >= 0.3 is 0 Å². The van der Waals surface area contributed by atoms with Crippen LogP contribution in [0.5, 0.6) is 0 Å². The van der Waals surface area contributed by atoms with Gasteiger partial charge in [0.2, 0.25) is 5.91 Å². The van der Waals surface area contributed by atoms with E-state index in [-0.39, 0.29) is 11.9 Å². The number of carbonyl (C=O) groups excluding carboxylic acids is 1. The Morgan fingerprint density at radius 3 is 2.70 bits per heavy atom. The van der Waals surface area contributed by atoms with Gasteiger partial charge in [-0.15, -0.1) is 0 Å². The molecule has 5 nitrogen and oxygen atoms in total. The number of nitrogens with one attached hydrogen (secondary N) is 1. The van der Waals surface area contributed by atoms with Gasteiger partial charge in [0.25, 0.3) is 0 Å². The summed E-state index contributed by atoms with van der Waals surface area (Å²) in [6.45, 7) is 1.10. The zero-order valence-corrected chi connectivity index (χ0v) is 12.1. The van der Waals surface area contributed by atoms with Gasteiger partial charge in [0.1, 0.15) is 5.75 Å². The number of hydrogen-bond acceptors (Lipinski definition) is 4. The summed E-state index contributed by atoms with van der Waals surface area (Å²) in [5, 5.41) is 2.62. The second-order valence-corrected chi connectivity index (χ2v) is 7.02. The maximum absolute atomic E-state index is 11.9. The monoisotopic (exact) mass is 297 g/mol. The van der Waals surface area contributed by atoms with Crippen LogP contribution in [-0.2, 0) is 25.1 Å². The summed E-state index contributed by atoms with van der Waals surface area (Å²) >= 11 is 0. The van der Waals surface area contributed by atoms with Crippen molar-refractivity contribution in [3.8, 4) is 0 Å². The highest BCUT2D eigenvalue weighted by Gasteiger charge is 2.20. The van der Waals surface area contributed by atoms with Gasteiger partial charge in [-0.25, -0.2) is 8.42 Å². The lowest BCUT2D eigenvalue weighted by atomic mass is 10.2. The molecule has 1 N–H and O–H groups in total. The van der Waals surface area contributed by atoms with Crippen molar-refractivity contribution in [1.82, 2.24) is 5.32 Å². The van der Waals surface area contributed by atoms with E-state index in [0.29, 0.717) is 18.7 Å². The Morgan fingerprint density at radius 1 is 1.30 bits per heavy atom. The molecule has 1 aromatic rings. The minimum Gasteiger partial charge on any atom is -0.376 e. The molecule has 0 spiro atoms. The third kappa shape index (κ3) is 4.94. The van der Waals surface area contributed by atoms with Gasteiger partial charge < -0.3 is 10.1 Å². The molecule has 0 radical (unpaired) electrons. The first-order valence-electron chi connectivity index (χ1n) is 6.68. The molecule has 1 heterocycles. The standard InChI is InChI=1S/C14H19NO4S/c16-14(15-9-13-7-4-8-19-13)11-20(17,18)10-12-5-2-1-3-6-12/h1-3,5-6,13H,4,7-11H2,(H,15,16)/t13-/m0/s1. The summed E-state index contributed by atoms with van der Waals surface area (Å²) in [7, 11) is -3.43. The van der Waals surface area contributed by atoms with Crippen LogP contribution in [0.25, 0.3) is 0 Å². The van der Waals surface area contributed by atoms with E-state index < -0.39 is 21.5 Å². The molecular formula is C14H19NO4S. The molecule has 0 saturated carbocycles. The number of rotatable bonds is 6. The van der Waals surface area contributed by atoms with Gasteiger partial charge in [-0.05, 0) is 18.4 Å². The van der Waals surface area contributed by atoms with Crippen LogP contribution < -0.4 is 5.32 Å². The average molecular weight is 297 g/mol. The fourth-order valence-electron chi connectivity index (χ4n) is 2.16. The van der Waals surface area contributed by atoms with Crippen molar-refractivity contribution in [2.75, 3.05) is 18.9 Å². The van der Waals surface area contributed by atoms with Crippen LogP contribution in [0.1, 0.15) is 18.4 Å². The van der Waals surface area contributed by atoms with E-state index in [1.54, 1.807) is 24.3 Å². The maximum Gasteiger partial charge on any atom is 0.235 e. The van der Waals surface area contributed by atoms with Crippen LogP contribution in [0.2, 0.25) is 0 Å². The van der Waals surface area contributed by atoms with Crippen molar-refractivity contribution >= 4 is 15.7 Å². The quantitative estimate of drug-likeness (QED) is 0.846. The Hall–Kier alpha value is -1.40. The zero-order valence-electron chi connectivity index (χ0n) is 11.2. The highest BCUT2D eigenvalue weighted by atomic mass is 32.2. The van der Waals surface area contributed by atoms with Gasteiger partial charge in [-0.1, -0.05) is 30.3 Å². The fourth-order valence-corrected chi connectivity index (χ4v) is 3.47. The molecule has 0 aliphatic carbocycles. The number of ether oxygens (including phenoxy) is 1. The van der Waals surface area contributed by atoms with Crippen LogP contribution in [0.15, 0.2) is 30.3 Å². The highest BCUT2D eigenvalue weighted by molar-refractivity contribution is 7.91. The first kappa shape index (κ1) is 15.0. The number of carbonyl (C=O) groups is 1. The highest BCUT2D eigenvalue weighted by Crippen LogP contribution is 2.10. The first-order chi connectivity index (χ1) is 9.55. The van der Waals surface area contributed by atoms with Crippen molar-refractivity contribution in [3.05, 3.63) is 35.9 Å². The third-order valence-electron chi connectivity index (χ3n) is 3.13. The molecule has 20 heavy (non-hydrogen) atoms. The van der Waals surface area contributed by atoms with E-state index in [0.717, 1.165) is 12.8 Å². The van der Waals surface area contributed by atoms with Crippen molar-refractivity contribution in [1.29, 1.82) is 0 Å². The van der Waals surface area contributed by atoms with E-state index in [1.807, 2.05) is 6.07 Å². The summed E-state index contributed by atoms with van der Waals surface area (Å²) in [5.74, 6) is -1.05. The van der Waals surface area contributed by atoms with Gasteiger partial charge in [-0.3, -0.25) is 4.79 Å². The van der Waals surface area contributed by atoms with Crippen LogP contribution in [0.4, 0.5) is 0 Å². The lowest BCUT2D eigenvalue weighted by Crippen LogP contribution is -2.36. The second-order valence-electron chi connectivity index (χ2n) is 4.96. The SMILES string of the molecule is O=C(CS(=O)(=O)Cc1ccccc1)NC[C@@H]1CCCO1. The van der Waals surface area contributed by atoms with Gasteiger partial charge in [0.05, 0.1) is 11.9 Å². The second kappa shape index (κ2) is 6.85. The number of amides is 1. The van der Waals surface area contributed by atoms with Crippen LogP contribution in [0.3, 0.4) is 0 Å². The van der Waals surface area contributed by atoms with Crippen LogP contribution >= 0.6 is 0 Å². The Kier molecular flexibility index (Phi) is 5.14. The predicted molar refractivity (Wildman–Crippen MR) is 75.9 cm³/mol. The van der Waals surface area contributed by atoms with Crippen molar-refractivity contribution in [2.45, 2.75) is 24.7 Å². The van der Waals surface area contributed by atoms with E-state index in [1.165, 1.54) is 0 Å². The van der Waals surface area contributed by atoms with E-state index in [2.05, 4.69) is 5.32 Å². The average Bonchev–Trinajstić information content (AvgIpc) is 2.89. The molecule has 110 valence electrons. The Labute approximate surface area is 119 Å². The van der Waals surface area contributed by atoms with Gasteiger partial charge in [0.15, 0.2) is 9.84 Å². The van der Waals surface area contributed by atoms with Crippen molar-refractivity contribution < 1.29 is 17.9 Å². The maximum atomic E-state index is 11.9. The smallest absolute Gasteiger partial charge is 0.235 e. The largest absolute Gasteiger partial charge is 0.376 e. The van der Waals surface area contributed by atoms with Gasteiger partial charge in [-0.2, -0.15) is 0 Å². The summed E-state index contributed by atoms with van der Waals surface area (Å²) in [6.07, 6.45) is 1.93. The summed E-state index contributed by atoms with van der Waals surface area (Å²) in [4.78, 5) is 11.7. The molecule has 1 aliphatic rings. The van der Waals surface area contributed by atoms with Crippen molar-refractivity contribution in [2.24, 2.45) is 0 Å². The Bertz CT molecular complexity index is 536. The van der Waals surface area contributed by atoms with E-state index >= 15 is 0 Å². The summed E-state index contributed by atoms with van der Waals surface area (Å²) in [6, 6.07) is 8.86. The van der Waals surface area contributed by atoms with Crippen LogP contribution in [-0.4, -0.2) is 39.3 Å². The Balaban J connectivity index is 1.80. The third-order valence-corrected chi connectivity index (χ3v) is 4.61. The first-order valence-corrected chi connectivity index (χ1v) is 8.50. The molecular weight excluding hydrogens is 278 g/mol. The molecule has 1 amide bonds. The molecule has 1 aromatic carbocycles. The Morgan fingerprint density at radius 2 is 2.05 bits per heavy atom. The minimum absolute atomic E-state index is 0.0239. The molecule has 0 bridgehead atoms. The lowest BCUT2D eigenvalue weighted by Gasteiger charge is -2.11. The number of sulfone groups is 1. The van der Waals surface area contributed by atoms with E-state index in [9.17, 15) is 13.2 Å². The minimum atomic E-state index is -3.43. The summed E-state index contributed by atoms with van der Waals surface area (Å²) < 4.78 is 29.2. The molecule has 2 rings (SSSR count).